The van der Waals surface area contributed by atoms with E-state index in [2.05, 4.69) is 15.8 Å². The third kappa shape index (κ3) is 5.83. The SMILES string of the molecule is O=C(Nc1ccccc1C(=O)N/N=C/c1ccc(-c2cccc(C(F)(F)F)c2)o1)c1ccccc1. The minimum Gasteiger partial charge on any atom is -0.455 e. The fourth-order valence-corrected chi connectivity index (χ4v) is 3.22. The minimum atomic E-state index is -4.46. The van der Waals surface area contributed by atoms with Gasteiger partial charge < -0.3 is 9.73 Å². The van der Waals surface area contributed by atoms with Crippen molar-refractivity contribution in [3.05, 3.63) is 113 Å². The number of carbonyl (C=O) groups is 2. The van der Waals surface area contributed by atoms with Crippen LogP contribution in [0.15, 0.2) is 101 Å². The molecule has 4 aromatic rings. The Morgan fingerprint density at radius 3 is 2.34 bits per heavy atom. The van der Waals surface area contributed by atoms with Crippen molar-refractivity contribution in [2.75, 3.05) is 5.32 Å². The molecule has 9 heteroatoms. The molecular weight excluding hydrogens is 459 g/mol. The molecule has 0 bridgehead atoms. The molecule has 2 amide bonds. The monoisotopic (exact) mass is 477 g/mol. The summed E-state index contributed by atoms with van der Waals surface area (Å²) in [4.78, 5) is 25.1. The lowest BCUT2D eigenvalue weighted by atomic mass is 10.1. The normalized spacial score (nSPS) is 11.4. The van der Waals surface area contributed by atoms with Crippen LogP contribution in [0.2, 0.25) is 0 Å². The second-order valence-corrected chi connectivity index (χ2v) is 7.35. The molecule has 0 aliphatic heterocycles. The smallest absolute Gasteiger partial charge is 0.416 e. The van der Waals surface area contributed by atoms with E-state index in [1.54, 1.807) is 48.5 Å². The number of halogens is 3. The van der Waals surface area contributed by atoms with E-state index >= 15 is 0 Å². The first-order chi connectivity index (χ1) is 16.8. The zero-order valence-corrected chi connectivity index (χ0v) is 18.0. The molecule has 0 fully saturated rings. The minimum absolute atomic E-state index is 0.193. The summed E-state index contributed by atoms with van der Waals surface area (Å²) in [6.45, 7) is 0. The van der Waals surface area contributed by atoms with Crippen molar-refractivity contribution in [1.82, 2.24) is 5.43 Å². The van der Waals surface area contributed by atoms with Gasteiger partial charge in [-0.3, -0.25) is 9.59 Å². The van der Waals surface area contributed by atoms with Crippen LogP contribution >= 0.6 is 0 Å². The lowest BCUT2D eigenvalue weighted by Gasteiger charge is -2.10. The number of furan rings is 1. The molecule has 0 saturated carbocycles. The van der Waals surface area contributed by atoms with Crippen LogP contribution in [-0.4, -0.2) is 18.0 Å². The molecule has 6 nitrogen and oxygen atoms in total. The Morgan fingerprint density at radius 2 is 1.57 bits per heavy atom. The van der Waals surface area contributed by atoms with Crippen LogP contribution in [0.3, 0.4) is 0 Å². The van der Waals surface area contributed by atoms with E-state index < -0.39 is 17.6 Å². The van der Waals surface area contributed by atoms with Gasteiger partial charge in [0.2, 0.25) is 0 Å². The van der Waals surface area contributed by atoms with Crippen molar-refractivity contribution in [2.45, 2.75) is 6.18 Å². The van der Waals surface area contributed by atoms with Gasteiger partial charge in [0.05, 0.1) is 23.0 Å². The number of carbonyl (C=O) groups excluding carboxylic acids is 2. The predicted octanol–water partition coefficient (Wildman–Crippen LogP) is 5.98. The molecule has 0 aliphatic carbocycles. The first-order valence-corrected chi connectivity index (χ1v) is 10.4. The van der Waals surface area contributed by atoms with E-state index in [0.29, 0.717) is 11.3 Å². The van der Waals surface area contributed by atoms with E-state index in [-0.39, 0.29) is 28.6 Å². The molecule has 0 radical (unpaired) electrons. The number of amides is 2. The van der Waals surface area contributed by atoms with E-state index in [1.807, 2.05) is 0 Å². The Labute approximate surface area is 198 Å². The first-order valence-electron chi connectivity index (χ1n) is 10.4. The number of nitrogens with zero attached hydrogens (tertiary/aromatic N) is 1. The zero-order valence-electron chi connectivity index (χ0n) is 18.0. The van der Waals surface area contributed by atoms with Crippen LogP contribution in [0.5, 0.6) is 0 Å². The van der Waals surface area contributed by atoms with Crippen molar-refractivity contribution >= 4 is 23.7 Å². The molecular formula is C26H18F3N3O3. The van der Waals surface area contributed by atoms with Crippen LogP contribution in [0, 0.1) is 0 Å². The van der Waals surface area contributed by atoms with Crippen molar-refractivity contribution in [3.63, 3.8) is 0 Å². The number of hydrazone groups is 1. The Bertz CT molecular complexity index is 1380. The number of nitrogens with one attached hydrogen (secondary N) is 2. The number of anilines is 1. The van der Waals surface area contributed by atoms with Crippen LogP contribution in [0.1, 0.15) is 32.0 Å². The summed E-state index contributed by atoms with van der Waals surface area (Å²) in [5.41, 5.74) is 2.76. The standard InChI is InChI=1S/C26H18F3N3O3/c27-26(28,29)19-10-6-9-18(15-19)23-14-13-20(35-23)16-30-32-25(34)21-11-4-5-12-22(21)31-24(33)17-7-2-1-3-8-17/h1-16H,(H,31,33)(H,32,34)/b30-16+. The number of rotatable bonds is 6. The molecule has 3 aromatic carbocycles. The number of para-hydroxylation sites is 1. The summed E-state index contributed by atoms with van der Waals surface area (Å²) < 4.78 is 44.3. The number of alkyl halides is 3. The maximum Gasteiger partial charge on any atom is 0.416 e. The van der Waals surface area contributed by atoms with Gasteiger partial charge in [0.15, 0.2) is 0 Å². The van der Waals surface area contributed by atoms with E-state index in [1.165, 1.54) is 36.5 Å². The zero-order chi connectivity index (χ0) is 24.8. The lowest BCUT2D eigenvalue weighted by Crippen LogP contribution is -2.21. The highest BCUT2D eigenvalue weighted by atomic mass is 19.4. The van der Waals surface area contributed by atoms with E-state index in [0.717, 1.165) is 12.1 Å². The molecule has 0 spiro atoms. The van der Waals surface area contributed by atoms with E-state index in [9.17, 15) is 22.8 Å². The van der Waals surface area contributed by atoms with Gasteiger partial charge in [-0.25, -0.2) is 5.43 Å². The second kappa shape index (κ2) is 10.1. The quantitative estimate of drug-likeness (QED) is 0.265. The molecule has 0 unspecified atom stereocenters. The maximum atomic E-state index is 12.9. The number of benzene rings is 3. The molecule has 0 aliphatic rings. The van der Waals surface area contributed by atoms with Crippen molar-refractivity contribution in [1.29, 1.82) is 0 Å². The predicted molar refractivity (Wildman–Crippen MR) is 125 cm³/mol. The van der Waals surface area contributed by atoms with Gasteiger partial charge in [-0.05, 0) is 48.5 Å². The third-order valence-electron chi connectivity index (χ3n) is 4.91. The molecule has 2 N–H and O–H groups in total. The highest BCUT2D eigenvalue weighted by Gasteiger charge is 2.30. The fourth-order valence-electron chi connectivity index (χ4n) is 3.22. The Hall–Kier alpha value is -4.66. The lowest BCUT2D eigenvalue weighted by molar-refractivity contribution is -0.137. The van der Waals surface area contributed by atoms with Crippen LogP contribution in [0.4, 0.5) is 18.9 Å². The van der Waals surface area contributed by atoms with Crippen molar-refractivity contribution in [2.24, 2.45) is 5.10 Å². The number of hydrogen-bond donors (Lipinski definition) is 2. The van der Waals surface area contributed by atoms with Gasteiger partial charge in [-0.1, -0.05) is 42.5 Å². The molecule has 4 rings (SSSR count). The van der Waals surface area contributed by atoms with Crippen molar-refractivity contribution < 1.29 is 27.2 Å². The molecule has 176 valence electrons. The third-order valence-corrected chi connectivity index (χ3v) is 4.91. The summed E-state index contributed by atoms with van der Waals surface area (Å²) in [6, 6.07) is 22.8. The highest BCUT2D eigenvalue weighted by Crippen LogP contribution is 2.32. The summed E-state index contributed by atoms with van der Waals surface area (Å²) in [5.74, 6) is -0.497. The Balaban J connectivity index is 1.43. The average molecular weight is 477 g/mol. The first kappa shape index (κ1) is 23.5. The highest BCUT2D eigenvalue weighted by molar-refractivity contribution is 6.09. The van der Waals surface area contributed by atoms with Crippen LogP contribution in [0.25, 0.3) is 11.3 Å². The van der Waals surface area contributed by atoms with Gasteiger partial charge in [0, 0.05) is 11.1 Å². The molecule has 1 aromatic heterocycles. The topological polar surface area (TPSA) is 83.7 Å². The maximum absolute atomic E-state index is 12.9. The Morgan fingerprint density at radius 1 is 0.829 bits per heavy atom. The molecule has 0 saturated heterocycles. The van der Waals surface area contributed by atoms with Crippen LogP contribution < -0.4 is 10.7 Å². The molecule has 1 heterocycles. The molecule has 35 heavy (non-hydrogen) atoms. The van der Waals surface area contributed by atoms with Crippen molar-refractivity contribution in [3.8, 4) is 11.3 Å². The van der Waals surface area contributed by atoms with Crippen LogP contribution in [-0.2, 0) is 6.18 Å². The number of hydrogen-bond acceptors (Lipinski definition) is 4. The molecule has 0 atom stereocenters. The van der Waals surface area contributed by atoms with E-state index in [4.69, 9.17) is 4.42 Å². The largest absolute Gasteiger partial charge is 0.455 e. The van der Waals surface area contributed by atoms with Gasteiger partial charge in [0.25, 0.3) is 11.8 Å². The van der Waals surface area contributed by atoms with Gasteiger partial charge >= 0.3 is 6.18 Å². The fraction of sp³-hybridized carbons (Fsp3) is 0.0385. The van der Waals surface area contributed by atoms with Gasteiger partial charge in [-0.2, -0.15) is 18.3 Å². The second-order valence-electron chi connectivity index (χ2n) is 7.35. The summed E-state index contributed by atoms with van der Waals surface area (Å²) in [5, 5.41) is 6.55. The average Bonchev–Trinajstić information content (AvgIpc) is 3.33. The summed E-state index contributed by atoms with van der Waals surface area (Å²) >= 11 is 0. The van der Waals surface area contributed by atoms with Gasteiger partial charge in [0.1, 0.15) is 11.5 Å². The summed E-state index contributed by atoms with van der Waals surface area (Å²) in [6.07, 6.45) is -3.24. The summed E-state index contributed by atoms with van der Waals surface area (Å²) in [7, 11) is 0. The Kier molecular flexibility index (Phi) is 6.77. The van der Waals surface area contributed by atoms with Gasteiger partial charge in [-0.15, -0.1) is 0 Å².